The van der Waals surface area contributed by atoms with Gasteiger partial charge in [-0.25, -0.2) is 4.39 Å². The Morgan fingerprint density at radius 2 is 1.90 bits per heavy atom. The molecule has 2 aromatic carbocycles. The largest absolute Gasteiger partial charge is 0.370 e. The molecule has 6 heteroatoms. The molecule has 30 heavy (non-hydrogen) atoms. The highest BCUT2D eigenvalue weighted by molar-refractivity contribution is 9.10. The second-order valence-electron chi connectivity index (χ2n) is 8.39. The van der Waals surface area contributed by atoms with Crippen LogP contribution in [0, 0.1) is 23.1 Å². The van der Waals surface area contributed by atoms with E-state index in [0.717, 1.165) is 35.8 Å². The van der Waals surface area contributed by atoms with Gasteiger partial charge in [-0.3, -0.25) is 4.79 Å². The molecule has 1 saturated carbocycles. The predicted octanol–water partition coefficient (Wildman–Crippen LogP) is 4.91. The maximum absolute atomic E-state index is 13.4. The van der Waals surface area contributed by atoms with E-state index in [1.54, 1.807) is 6.07 Å². The van der Waals surface area contributed by atoms with E-state index in [0.29, 0.717) is 25.2 Å². The van der Waals surface area contributed by atoms with Crippen molar-refractivity contribution in [3.8, 4) is 6.07 Å². The zero-order chi connectivity index (χ0) is 21.1. The number of carbonyl (C=O) groups excluding carboxylic acids is 1. The van der Waals surface area contributed by atoms with Gasteiger partial charge in [0.1, 0.15) is 11.9 Å². The molecule has 4 rings (SSSR count). The number of rotatable bonds is 5. The van der Waals surface area contributed by atoms with Crippen molar-refractivity contribution in [1.82, 2.24) is 5.32 Å². The molecule has 1 heterocycles. The maximum atomic E-state index is 13.4. The van der Waals surface area contributed by atoms with Gasteiger partial charge in [0.25, 0.3) is 0 Å². The van der Waals surface area contributed by atoms with Gasteiger partial charge in [-0.15, -0.1) is 0 Å². The average molecular weight is 470 g/mol. The monoisotopic (exact) mass is 469 g/mol. The van der Waals surface area contributed by atoms with Gasteiger partial charge in [0.2, 0.25) is 5.91 Å². The summed E-state index contributed by atoms with van der Waals surface area (Å²) in [5.74, 6) is -0.299. The number of hydrogen-bond donors (Lipinski definition) is 1. The second kappa shape index (κ2) is 8.77. The predicted molar refractivity (Wildman–Crippen MR) is 119 cm³/mol. The number of nitrogens with one attached hydrogen (secondary N) is 1. The molecule has 0 spiro atoms. The van der Waals surface area contributed by atoms with Gasteiger partial charge in [-0.1, -0.05) is 34.5 Å². The van der Waals surface area contributed by atoms with E-state index in [1.807, 2.05) is 0 Å². The number of hydrogen-bond acceptors (Lipinski definition) is 3. The van der Waals surface area contributed by atoms with Crippen LogP contribution in [0.1, 0.15) is 43.2 Å². The summed E-state index contributed by atoms with van der Waals surface area (Å²) < 4.78 is 14.5. The van der Waals surface area contributed by atoms with E-state index in [1.165, 1.54) is 24.1 Å². The number of nitriles is 1. The van der Waals surface area contributed by atoms with E-state index < -0.39 is 5.82 Å². The van der Waals surface area contributed by atoms with Gasteiger partial charge >= 0.3 is 0 Å². The molecule has 0 aromatic heterocycles. The Morgan fingerprint density at radius 3 is 2.50 bits per heavy atom. The van der Waals surface area contributed by atoms with E-state index in [9.17, 15) is 14.4 Å². The Morgan fingerprint density at radius 1 is 1.20 bits per heavy atom. The standard InChI is InChI=1S/C24H25BrFN3O/c25-20-4-2-19(3-5-20)24(10-1-11-24)16-28-23(30)17-8-12-29(13-9-17)22-7-6-21(26)14-18(22)15-27/h2-7,14,17H,1,8-13,16H2,(H,28,30). The highest BCUT2D eigenvalue weighted by atomic mass is 79.9. The van der Waals surface area contributed by atoms with Crippen molar-refractivity contribution in [3.05, 3.63) is 63.9 Å². The molecule has 4 nitrogen and oxygen atoms in total. The first kappa shape index (κ1) is 20.9. The molecular formula is C24H25BrFN3O. The fourth-order valence-electron chi connectivity index (χ4n) is 4.63. The molecule has 1 N–H and O–H groups in total. The molecule has 1 aliphatic heterocycles. The van der Waals surface area contributed by atoms with Crippen LogP contribution in [0.3, 0.4) is 0 Å². The van der Waals surface area contributed by atoms with Crippen LogP contribution in [0.2, 0.25) is 0 Å². The van der Waals surface area contributed by atoms with Gasteiger partial charge < -0.3 is 10.2 Å². The van der Waals surface area contributed by atoms with Crippen molar-refractivity contribution in [2.24, 2.45) is 5.92 Å². The molecular weight excluding hydrogens is 445 g/mol. The lowest BCUT2D eigenvalue weighted by atomic mass is 9.64. The van der Waals surface area contributed by atoms with E-state index >= 15 is 0 Å². The zero-order valence-corrected chi connectivity index (χ0v) is 18.4. The van der Waals surface area contributed by atoms with Crippen LogP contribution in [0.15, 0.2) is 46.9 Å². The lowest BCUT2D eigenvalue weighted by molar-refractivity contribution is -0.126. The summed E-state index contributed by atoms with van der Waals surface area (Å²) in [6, 6.07) is 14.8. The van der Waals surface area contributed by atoms with Crippen LogP contribution in [0.4, 0.5) is 10.1 Å². The van der Waals surface area contributed by atoms with Crippen LogP contribution < -0.4 is 10.2 Å². The third-order valence-corrected chi connectivity index (χ3v) is 7.18. The Labute approximate surface area is 185 Å². The molecule has 1 aliphatic carbocycles. The topological polar surface area (TPSA) is 56.1 Å². The van der Waals surface area contributed by atoms with Gasteiger partial charge in [-0.05, 0) is 61.6 Å². The first-order chi connectivity index (χ1) is 14.5. The molecule has 1 saturated heterocycles. The number of amides is 1. The number of halogens is 2. The first-order valence-electron chi connectivity index (χ1n) is 10.5. The first-order valence-corrected chi connectivity index (χ1v) is 11.3. The van der Waals surface area contributed by atoms with Crippen LogP contribution in [0.5, 0.6) is 0 Å². The lowest BCUT2D eigenvalue weighted by Gasteiger charge is -2.43. The third-order valence-electron chi connectivity index (χ3n) is 6.65. The molecule has 156 valence electrons. The molecule has 0 unspecified atom stereocenters. The smallest absolute Gasteiger partial charge is 0.223 e. The fourth-order valence-corrected chi connectivity index (χ4v) is 4.90. The van der Waals surface area contributed by atoms with Crippen LogP contribution >= 0.6 is 15.9 Å². The number of nitrogens with zero attached hydrogens (tertiary/aromatic N) is 2. The van der Waals surface area contributed by atoms with Crippen molar-refractivity contribution in [2.45, 2.75) is 37.5 Å². The molecule has 0 atom stereocenters. The highest BCUT2D eigenvalue weighted by Crippen LogP contribution is 2.43. The molecule has 0 radical (unpaired) electrons. The summed E-state index contributed by atoms with van der Waals surface area (Å²) in [6.45, 7) is 2.07. The minimum Gasteiger partial charge on any atom is -0.370 e. The molecule has 0 bridgehead atoms. The number of carbonyl (C=O) groups is 1. The lowest BCUT2D eigenvalue weighted by Crippen LogP contribution is -2.48. The van der Waals surface area contributed by atoms with E-state index in [-0.39, 0.29) is 17.2 Å². The number of anilines is 1. The normalized spacial score (nSPS) is 18.4. The van der Waals surface area contributed by atoms with Crippen molar-refractivity contribution in [2.75, 3.05) is 24.5 Å². The van der Waals surface area contributed by atoms with Gasteiger partial charge in [0.15, 0.2) is 0 Å². The summed E-state index contributed by atoms with van der Waals surface area (Å²) in [6.07, 6.45) is 4.88. The fraction of sp³-hybridized carbons (Fsp3) is 0.417. The van der Waals surface area contributed by atoms with Crippen LogP contribution in [-0.2, 0) is 10.2 Å². The van der Waals surface area contributed by atoms with Crippen LogP contribution in [0.25, 0.3) is 0 Å². The Bertz CT molecular complexity index is 957. The molecule has 2 fully saturated rings. The summed E-state index contributed by atoms with van der Waals surface area (Å²) in [5, 5.41) is 12.5. The minimum absolute atomic E-state index is 0.0192. The van der Waals surface area contributed by atoms with Gasteiger partial charge in [0, 0.05) is 35.4 Å². The van der Waals surface area contributed by atoms with Gasteiger partial charge in [0.05, 0.1) is 11.3 Å². The quantitative estimate of drug-likeness (QED) is 0.676. The minimum atomic E-state index is -0.403. The molecule has 1 amide bonds. The van der Waals surface area contributed by atoms with Crippen molar-refractivity contribution < 1.29 is 9.18 Å². The summed E-state index contributed by atoms with van der Waals surface area (Å²) in [4.78, 5) is 14.9. The third kappa shape index (κ3) is 4.22. The number of piperidine rings is 1. The Kier molecular flexibility index (Phi) is 6.10. The van der Waals surface area contributed by atoms with Crippen molar-refractivity contribution >= 4 is 27.5 Å². The Balaban J connectivity index is 1.34. The summed E-state index contributed by atoms with van der Waals surface area (Å²) >= 11 is 3.49. The number of benzene rings is 2. The average Bonchev–Trinajstić information content (AvgIpc) is 2.74. The maximum Gasteiger partial charge on any atom is 0.223 e. The van der Waals surface area contributed by atoms with Crippen LogP contribution in [-0.4, -0.2) is 25.5 Å². The molecule has 2 aromatic rings. The van der Waals surface area contributed by atoms with E-state index in [4.69, 9.17) is 0 Å². The van der Waals surface area contributed by atoms with Gasteiger partial charge in [-0.2, -0.15) is 5.26 Å². The van der Waals surface area contributed by atoms with Crippen molar-refractivity contribution in [3.63, 3.8) is 0 Å². The second-order valence-corrected chi connectivity index (χ2v) is 9.31. The zero-order valence-electron chi connectivity index (χ0n) is 16.8. The molecule has 2 aliphatic rings. The highest BCUT2D eigenvalue weighted by Gasteiger charge is 2.39. The van der Waals surface area contributed by atoms with Crippen molar-refractivity contribution in [1.29, 1.82) is 5.26 Å². The Hall–Kier alpha value is -2.39. The SMILES string of the molecule is N#Cc1cc(F)ccc1N1CCC(C(=O)NCC2(c3ccc(Br)cc3)CCC2)CC1. The summed E-state index contributed by atoms with van der Waals surface area (Å²) in [7, 11) is 0. The van der Waals surface area contributed by atoms with E-state index in [2.05, 4.69) is 56.5 Å². The summed E-state index contributed by atoms with van der Waals surface area (Å²) in [5.41, 5.74) is 2.46.